The number of hydrogen-bond donors (Lipinski definition) is 3. The summed E-state index contributed by atoms with van der Waals surface area (Å²) >= 11 is 7.25. The summed E-state index contributed by atoms with van der Waals surface area (Å²) in [5, 5.41) is 13.5. The summed E-state index contributed by atoms with van der Waals surface area (Å²) in [5.74, 6) is 0.248. The van der Waals surface area contributed by atoms with Crippen molar-refractivity contribution in [2.24, 2.45) is 0 Å². The van der Waals surface area contributed by atoms with Crippen LogP contribution in [0.1, 0.15) is 5.56 Å². The quantitative estimate of drug-likeness (QED) is 0.465. The number of methoxy groups -OCH3 is 1. The number of phenols is 1. The lowest BCUT2D eigenvalue weighted by Crippen LogP contribution is -2.14. The largest absolute Gasteiger partial charge is 0.504 e. The number of phenolic OH excluding ortho intramolecular Hbond substituents is 1. The lowest BCUT2D eigenvalue weighted by Gasteiger charge is -2.07. The summed E-state index contributed by atoms with van der Waals surface area (Å²) in [6.07, 6.45) is 1.59. The summed E-state index contributed by atoms with van der Waals surface area (Å²) in [4.78, 5) is 23.6. The van der Waals surface area contributed by atoms with Crippen LogP contribution in [0.15, 0.2) is 29.6 Å². The number of nitrogens with one attached hydrogen (secondary N) is 2. The number of thioether (sulfide) groups is 1. The molecule has 3 rings (SSSR count). The van der Waals surface area contributed by atoms with Crippen molar-refractivity contribution in [3.8, 4) is 11.5 Å². The summed E-state index contributed by atoms with van der Waals surface area (Å²) in [7, 11) is 1.46. The molecule has 7 nitrogen and oxygen atoms in total. The van der Waals surface area contributed by atoms with Gasteiger partial charge in [-0.1, -0.05) is 23.4 Å². The number of aromatic amines is 1. The Hall–Kier alpha value is -2.45. The molecule has 9 heteroatoms. The average Bonchev–Trinajstić information content (AvgIpc) is 3.01. The third kappa shape index (κ3) is 3.80. The Bertz CT molecular complexity index is 945. The van der Waals surface area contributed by atoms with Gasteiger partial charge in [-0.2, -0.15) is 0 Å². The van der Waals surface area contributed by atoms with Crippen LogP contribution in [-0.4, -0.2) is 38.8 Å². The number of imidazole rings is 1. The van der Waals surface area contributed by atoms with Crippen LogP contribution in [-0.2, 0) is 4.79 Å². The van der Waals surface area contributed by atoms with Gasteiger partial charge in [-0.15, -0.1) is 0 Å². The number of H-pyrrole nitrogens is 1. The molecular weight excluding hydrogens is 364 g/mol. The molecule has 0 spiro atoms. The van der Waals surface area contributed by atoms with Gasteiger partial charge < -0.3 is 20.1 Å². The SMILES string of the molecule is COc1ccc(NC(=O)CSc2nc3cnc(Cl)c(C)c3[nH]2)cc1O. The van der Waals surface area contributed by atoms with Crippen molar-refractivity contribution >= 4 is 46.0 Å². The molecule has 25 heavy (non-hydrogen) atoms. The monoisotopic (exact) mass is 378 g/mol. The van der Waals surface area contributed by atoms with Gasteiger partial charge in [0.15, 0.2) is 16.7 Å². The molecule has 0 fully saturated rings. The Kier molecular flexibility index (Phi) is 5.00. The van der Waals surface area contributed by atoms with E-state index < -0.39 is 0 Å². The smallest absolute Gasteiger partial charge is 0.234 e. The lowest BCUT2D eigenvalue weighted by atomic mass is 10.3. The number of aryl methyl sites for hydroxylation is 1. The maximum absolute atomic E-state index is 12.1. The van der Waals surface area contributed by atoms with Gasteiger partial charge in [-0.25, -0.2) is 9.97 Å². The van der Waals surface area contributed by atoms with Gasteiger partial charge in [-0.05, 0) is 19.1 Å². The first-order chi connectivity index (χ1) is 12.0. The molecule has 3 aromatic rings. The van der Waals surface area contributed by atoms with Crippen molar-refractivity contribution in [3.63, 3.8) is 0 Å². The fourth-order valence-electron chi connectivity index (χ4n) is 2.23. The molecule has 2 aromatic heterocycles. The van der Waals surface area contributed by atoms with Crippen molar-refractivity contribution in [2.45, 2.75) is 12.1 Å². The lowest BCUT2D eigenvalue weighted by molar-refractivity contribution is -0.113. The van der Waals surface area contributed by atoms with Gasteiger partial charge in [0, 0.05) is 17.3 Å². The summed E-state index contributed by atoms with van der Waals surface area (Å²) in [6, 6.07) is 4.66. The maximum Gasteiger partial charge on any atom is 0.234 e. The number of carbonyl (C=O) groups excluding carboxylic acids is 1. The minimum absolute atomic E-state index is 0.0370. The van der Waals surface area contributed by atoms with Gasteiger partial charge in [0.1, 0.15) is 10.7 Å². The zero-order valence-corrected chi connectivity index (χ0v) is 15.0. The second kappa shape index (κ2) is 7.20. The molecule has 1 aromatic carbocycles. The molecule has 0 atom stereocenters. The second-order valence-corrected chi connectivity index (χ2v) is 6.52. The van der Waals surface area contributed by atoms with E-state index in [1.54, 1.807) is 18.3 Å². The first-order valence-corrected chi connectivity index (χ1v) is 8.64. The first-order valence-electron chi connectivity index (χ1n) is 7.28. The number of nitrogens with zero attached hydrogens (tertiary/aromatic N) is 2. The van der Waals surface area contributed by atoms with E-state index in [9.17, 15) is 9.90 Å². The number of pyridine rings is 1. The number of ether oxygens (including phenoxy) is 1. The molecule has 0 radical (unpaired) electrons. The molecule has 2 heterocycles. The minimum atomic E-state index is -0.220. The number of carbonyl (C=O) groups is 1. The highest BCUT2D eigenvalue weighted by Crippen LogP contribution is 2.29. The van der Waals surface area contributed by atoms with Crippen LogP contribution in [0.5, 0.6) is 11.5 Å². The number of amides is 1. The third-order valence-electron chi connectivity index (χ3n) is 3.50. The molecule has 1 amide bonds. The second-order valence-electron chi connectivity index (χ2n) is 5.20. The predicted molar refractivity (Wildman–Crippen MR) is 97.6 cm³/mol. The van der Waals surface area contributed by atoms with Crippen LogP contribution in [0.3, 0.4) is 0 Å². The van der Waals surface area contributed by atoms with E-state index in [1.807, 2.05) is 6.92 Å². The Morgan fingerprint density at radius 1 is 1.48 bits per heavy atom. The van der Waals surface area contributed by atoms with Gasteiger partial charge in [0.25, 0.3) is 0 Å². The van der Waals surface area contributed by atoms with Gasteiger partial charge in [-0.3, -0.25) is 4.79 Å². The molecular formula is C16H15ClN4O3S. The third-order valence-corrected chi connectivity index (χ3v) is 4.75. The summed E-state index contributed by atoms with van der Waals surface area (Å²) in [6.45, 7) is 1.85. The Balaban J connectivity index is 1.64. The topological polar surface area (TPSA) is 100 Å². The summed E-state index contributed by atoms with van der Waals surface area (Å²) < 4.78 is 4.96. The zero-order valence-electron chi connectivity index (χ0n) is 13.5. The Morgan fingerprint density at radius 2 is 2.28 bits per heavy atom. The van der Waals surface area contributed by atoms with Crippen molar-refractivity contribution in [2.75, 3.05) is 18.2 Å². The van der Waals surface area contributed by atoms with Gasteiger partial charge in [0.2, 0.25) is 5.91 Å². The average molecular weight is 379 g/mol. The van der Waals surface area contributed by atoms with Crippen LogP contribution in [0.4, 0.5) is 5.69 Å². The molecule has 3 N–H and O–H groups in total. The van der Waals surface area contributed by atoms with E-state index >= 15 is 0 Å². The van der Waals surface area contributed by atoms with Gasteiger partial charge in [0.05, 0.1) is 24.6 Å². The van der Waals surface area contributed by atoms with E-state index in [0.29, 0.717) is 27.3 Å². The molecule has 0 aliphatic carbocycles. The number of fused-ring (bicyclic) bond motifs is 1. The van der Waals surface area contributed by atoms with Crippen molar-refractivity contribution in [1.82, 2.24) is 15.0 Å². The van der Waals surface area contributed by atoms with Crippen LogP contribution in [0.25, 0.3) is 11.0 Å². The highest BCUT2D eigenvalue weighted by Gasteiger charge is 2.11. The van der Waals surface area contributed by atoms with Crippen LogP contribution >= 0.6 is 23.4 Å². The van der Waals surface area contributed by atoms with E-state index in [1.165, 1.54) is 24.9 Å². The zero-order chi connectivity index (χ0) is 18.0. The van der Waals surface area contributed by atoms with Crippen molar-refractivity contribution < 1.29 is 14.6 Å². The van der Waals surface area contributed by atoms with E-state index in [0.717, 1.165) is 11.1 Å². The maximum atomic E-state index is 12.1. The molecule has 130 valence electrons. The number of rotatable bonds is 5. The fourth-order valence-corrected chi connectivity index (χ4v) is 3.05. The van der Waals surface area contributed by atoms with E-state index in [2.05, 4.69) is 20.3 Å². The van der Waals surface area contributed by atoms with Crippen molar-refractivity contribution in [3.05, 3.63) is 35.1 Å². The fraction of sp³-hybridized carbons (Fsp3) is 0.188. The highest BCUT2D eigenvalue weighted by atomic mass is 35.5. The molecule has 0 bridgehead atoms. The Morgan fingerprint density at radius 3 is 3.00 bits per heavy atom. The van der Waals surface area contributed by atoms with E-state index in [-0.39, 0.29) is 17.4 Å². The van der Waals surface area contributed by atoms with Crippen LogP contribution < -0.4 is 10.1 Å². The number of benzene rings is 1. The number of halogens is 1. The molecule has 0 saturated carbocycles. The normalized spacial score (nSPS) is 10.8. The van der Waals surface area contributed by atoms with Crippen LogP contribution in [0.2, 0.25) is 5.15 Å². The Labute approximate surface area is 152 Å². The van der Waals surface area contributed by atoms with Gasteiger partial charge >= 0.3 is 0 Å². The summed E-state index contributed by atoms with van der Waals surface area (Å²) in [5.41, 5.74) is 2.81. The number of aromatic hydroxyl groups is 1. The molecule has 0 saturated heterocycles. The number of aromatic nitrogens is 3. The van der Waals surface area contributed by atoms with E-state index in [4.69, 9.17) is 16.3 Å². The molecule has 0 aliphatic heterocycles. The predicted octanol–water partition coefficient (Wildman–Crippen LogP) is 3.36. The van der Waals surface area contributed by atoms with Crippen LogP contribution in [0, 0.1) is 6.92 Å². The van der Waals surface area contributed by atoms with Crippen molar-refractivity contribution in [1.29, 1.82) is 0 Å². The standard InChI is InChI=1S/C16H15ClN4O3S/c1-8-14-10(6-18-15(8)17)20-16(21-14)25-7-13(23)19-9-3-4-12(24-2)11(22)5-9/h3-6,22H,7H2,1-2H3,(H,19,23)(H,20,21). The highest BCUT2D eigenvalue weighted by molar-refractivity contribution is 7.99. The first kappa shape index (κ1) is 17.4. The number of hydrogen-bond acceptors (Lipinski definition) is 6. The molecule has 0 aliphatic rings. The minimum Gasteiger partial charge on any atom is -0.504 e. The molecule has 0 unspecified atom stereocenters. The number of anilines is 1.